The zero-order valence-electron chi connectivity index (χ0n) is 7.46. The molecule has 1 aliphatic rings. The number of ether oxygens (including phenoxy) is 1. The van der Waals surface area contributed by atoms with E-state index in [-0.39, 0.29) is 12.5 Å². The van der Waals surface area contributed by atoms with Crippen molar-refractivity contribution in [2.75, 3.05) is 13.7 Å². The molecule has 0 radical (unpaired) electrons. The Morgan fingerprint density at radius 3 is 2.42 bits per heavy atom. The minimum Gasteiger partial charge on any atom is -0.393 e. The Bertz CT molecular complexity index is 190. The van der Waals surface area contributed by atoms with Crippen LogP contribution in [0, 0.1) is 5.41 Å². The highest BCUT2D eigenvalue weighted by Gasteiger charge is 2.55. The quantitative estimate of drug-likeness (QED) is 0.612. The van der Waals surface area contributed by atoms with Gasteiger partial charge in [0.05, 0.1) is 17.6 Å². The molecule has 1 fully saturated rings. The lowest BCUT2D eigenvalue weighted by Gasteiger charge is -2.50. The summed E-state index contributed by atoms with van der Waals surface area (Å²) in [4.78, 5) is 10.9. The summed E-state index contributed by atoms with van der Waals surface area (Å²) in [6, 6.07) is 0. The number of rotatable bonds is 3. The molecule has 0 aliphatic heterocycles. The second-order valence-electron chi connectivity index (χ2n) is 3.82. The summed E-state index contributed by atoms with van der Waals surface area (Å²) in [6.07, 6.45) is 1.03. The van der Waals surface area contributed by atoms with Crippen LogP contribution in [0.5, 0.6) is 0 Å². The number of hydrogen-bond donors (Lipinski definition) is 2. The molecule has 1 saturated carbocycles. The number of hydrogen-bond acceptors (Lipinski definition) is 3. The monoisotopic (exact) mass is 173 g/mol. The molecule has 3 N–H and O–H groups in total. The second-order valence-corrected chi connectivity index (χ2v) is 3.82. The molecular weight excluding hydrogens is 158 g/mol. The Labute approximate surface area is 71.7 Å². The summed E-state index contributed by atoms with van der Waals surface area (Å²) < 4.78 is 5.11. The van der Waals surface area contributed by atoms with Crippen LogP contribution >= 0.6 is 0 Å². The maximum Gasteiger partial charge on any atom is 0.223 e. The maximum atomic E-state index is 10.9. The molecule has 0 atom stereocenters. The molecule has 70 valence electrons. The van der Waals surface area contributed by atoms with Gasteiger partial charge in [0, 0.05) is 7.11 Å². The number of nitrogens with two attached hydrogens (primary N) is 1. The van der Waals surface area contributed by atoms with Gasteiger partial charge in [-0.15, -0.1) is 0 Å². The van der Waals surface area contributed by atoms with E-state index >= 15 is 0 Å². The van der Waals surface area contributed by atoms with Crippen LogP contribution in [0.2, 0.25) is 0 Å². The lowest BCUT2D eigenvalue weighted by atomic mass is 9.60. The van der Waals surface area contributed by atoms with Gasteiger partial charge in [0.1, 0.15) is 0 Å². The standard InChI is InChI=1S/C8H15NO3/c1-7(6(9)11)3-8(4-7,5-10)12-2/h10H,3-5H2,1-2H3,(H2,9,11). The average Bonchev–Trinajstić information content (AvgIpc) is 1.98. The third-order valence-corrected chi connectivity index (χ3v) is 2.74. The molecule has 0 heterocycles. The first-order chi connectivity index (χ1) is 5.48. The first-order valence-corrected chi connectivity index (χ1v) is 3.94. The highest BCUT2D eigenvalue weighted by molar-refractivity contribution is 5.82. The average molecular weight is 173 g/mol. The zero-order chi connectivity index (χ0) is 9.41. The number of aliphatic hydroxyl groups is 1. The van der Waals surface area contributed by atoms with Gasteiger partial charge in [0.25, 0.3) is 0 Å². The topological polar surface area (TPSA) is 72.6 Å². The molecule has 4 nitrogen and oxygen atoms in total. The fourth-order valence-electron chi connectivity index (χ4n) is 1.87. The molecule has 0 aromatic heterocycles. The molecule has 0 aromatic carbocycles. The van der Waals surface area contributed by atoms with E-state index in [0.717, 1.165) is 0 Å². The highest BCUT2D eigenvalue weighted by atomic mass is 16.5. The number of aliphatic hydroxyl groups excluding tert-OH is 1. The van der Waals surface area contributed by atoms with Crippen molar-refractivity contribution in [3.8, 4) is 0 Å². The lowest BCUT2D eigenvalue weighted by Crippen LogP contribution is -2.59. The first-order valence-electron chi connectivity index (χ1n) is 3.94. The molecular formula is C8H15NO3. The van der Waals surface area contributed by atoms with E-state index in [0.29, 0.717) is 12.8 Å². The molecule has 1 amide bonds. The fraction of sp³-hybridized carbons (Fsp3) is 0.875. The van der Waals surface area contributed by atoms with E-state index in [1.807, 2.05) is 0 Å². The van der Waals surface area contributed by atoms with Crippen LogP contribution in [0.3, 0.4) is 0 Å². The summed E-state index contributed by atoms with van der Waals surface area (Å²) >= 11 is 0. The van der Waals surface area contributed by atoms with Gasteiger partial charge in [-0.3, -0.25) is 4.79 Å². The smallest absolute Gasteiger partial charge is 0.223 e. The number of carbonyl (C=O) groups is 1. The van der Waals surface area contributed by atoms with E-state index in [2.05, 4.69) is 0 Å². The molecule has 1 rings (SSSR count). The SMILES string of the molecule is COC1(CO)CC(C)(C(N)=O)C1. The van der Waals surface area contributed by atoms with E-state index in [9.17, 15) is 4.79 Å². The van der Waals surface area contributed by atoms with Crippen LogP contribution < -0.4 is 5.73 Å². The number of methoxy groups -OCH3 is 1. The Kier molecular flexibility index (Phi) is 2.14. The second kappa shape index (κ2) is 2.71. The van der Waals surface area contributed by atoms with Crippen molar-refractivity contribution in [3.63, 3.8) is 0 Å². The van der Waals surface area contributed by atoms with Crippen LogP contribution in [0.1, 0.15) is 19.8 Å². The predicted octanol–water partition coefficient (Wildman–Crippen LogP) is -0.351. The molecule has 0 spiro atoms. The van der Waals surface area contributed by atoms with E-state index < -0.39 is 11.0 Å². The van der Waals surface area contributed by atoms with Crippen LogP contribution in [-0.4, -0.2) is 30.3 Å². The van der Waals surface area contributed by atoms with Crippen LogP contribution in [0.25, 0.3) is 0 Å². The van der Waals surface area contributed by atoms with Gasteiger partial charge in [-0.05, 0) is 12.8 Å². The highest BCUT2D eigenvalue weighted by Crippen LogP contribution is 2.49. The van der Waals surface area contributed by atoms with Crippen molar-refractivity contribution in [3.05, 3.63) is 0 Å². The van der Waals surface area contributed by atoms with Gasteiger partial charge in [0.2, 0.25) is 5.91 Å². The Morgan fingerprint density at radius 1 is 1.67 bits per heavy atom. The lowest BCUT2D eigenvalue weighted by molar-refractivity contribution is -0.178. The van der Waals surface area contributed by atoms with E-state index in [1.54, 1.807) is 6.92 Å². The Hall–Kier alpha value is -0.610. The molecule has 4 heteroatoms. The van der Waals surface area contributed by atoms with Crippen molar-refractivity contribution in [1.82, 2.24) is 0 Å². The molecule has 12 heavy (non-hydrogen) atoms. The van der Waals surface area contributed by atoms with Crippen molar-refractivity contribution in [1.29, 1.82) is 0 Å². The van der Waals surface area contributed by atoms with Gasteiger partial charge in [-0.2, -0.15) is 0 Å². The van der Waals surface area contributed by atoms with Gasteiger partial charge in [-0.25, -0.2) is 0 Å². The summed E-state index contributed by atoms with van der Waals surface area (Å²) in [5, 5.41) is 8.97. The molecule has 0 saturated heterocycles. The fourth-order valence-corrected chi connectivity index (χ4v) is 1.87. The summed E-state index contributed by atoms with van der Waals surface area (Å²) in [5.41, 5.74) is 4.18. The van der Waals surface area contributed by atoms with Crippen molar-refractivity contribution < 1.29 is 14.6 Å². The molecule has 0 bridgehead atoms. The van der Waals surface area contributed by atoms with Crippen molar-refractivity contribution >= 4 is 5.91 Å². The minimum absolute atomic E-state index is 0.0492. The molecule has 0 aromatic rings. The number of amides is 1. The van der Waals surface area contributed by atoms with Crippen LogP contribution in [0.4, 0.5) is 0 Å². The van der Waals surface area contributed by atoms with E-state index in [1.165, 1.54) is 7.11 Å². The van der Waals surface area contributed by atoms with Crippen molar-refractivity contribution in [2.45, 2.75) is 25.4 Å². The third kappa shape index (κ3) is 1.21. The number of carbonyl (C=O) groups excluding carboxylic acids is 1. The van der Waals surface area contributed by atoms with Crippen molar-refractivity contribution in [2.24, 2.45) is 11.1 Å². The normalized spacial score (nSPS) is 40.6. The third-order valence-electron chi connectivity index (χ3n) is 2.74. The Morgan fingerprint density at radius 2 is 2.17 bits per heavy atom. The van der Waals surface area contributed by atoms with Gasteiger partial charge < -0.3 is 15.6 Å². The first kappa shape index (κ1) is 9.48. The maximum absolute atomic E-state index is 10.9. The summed E-state index contributed by atoms with van der Waals surface area (Å²) in [5.74, 6) is -0.316. The molecule has 0 unspecified atom stereocenters. The Balaban J connectivity index is 2.60. The zero-order valence-corrected chi connectivity index (χ0v) is 7.46. The van der Waals surface area contributed by atoms with E-state index in [4.69, 9.17) is 15.6 Å². The van der Waals surface area contributed by atoms with Crippen LogP contribution in [-0.2, 0) is 9.53 Å². The van der Waals surface area contributed by atoms with Gasteiger partial charge >= 0.3 is 0 Å². The van der Waals surface area contributed by atoms with Gasteiger partial charge in [0.15, 0.2) is 0 Å². The minimum atomic E-state index is -0.524. The summed E-state index contributed by atoms with van der Waals surface area (Å²) in [7, 11) is 1.54. The summed E-state index contributed by atoms with van der Waals surface area (Å²) in [6.45, 7) is 1.74. The number of primary amides is 1. The van der Waals surface area contributed by atoms with Crippen LogP contribution in [0.15, 0.2) is 0 Å². The van der Waals surface area contributed by atoms with Gasteiger partial charge in [-0.1, -0.05) is 6.92 Å². The molecule has 1 aliphatic carbocycles. The predicted molar refractivity (Wildman–Crippen MR) is 43.4 cm³/mol. The largest absolute Gasteiger partial charge is 0.393 e.